The molecule has 5 nitrogen and oxygen atoms in total. The minimum atomic E-state index is -0.730. The minimum absolute atomic E-state index is 0.141. The van der Waals surface area contributed by atoms with Crippen LogP contribution >= 0.6 is 0 Å². The van der Waals surface area contributed by atoms with E-state index in [2.05, 4.69) is 61.6 Å². The van der Waals surface area contributed by atoms with Crippen LogP contribution in [0.2, 0.25) is 0 Å². The summed E-state index contributed by atoms with van der Waals surface area (Å²) in [6.07, 6.45) is 1.51. The van der Waals surface area contributed by atoms with Gasteiger partial charge in [-0.05, 0) is 59.4 Å². The number of ether oxygens (including phenoxy) is 1. The second-order valence-corrected chi connectivity index (χ2v) is 10.0. The lowest BCUT2D eigenvalue weighted by Gasteiger charge is -2.27. The van der Waals surface area contributed by atoms with Crippen molar-refractivity contribution in [2.75, 3.05) is 6.61 Å². The summed E-state index contributed by atoms with van der Waals surface area (Å²) in [4.78, 5) is 13.2. The van der Waals surface area contributed by atoms with Crippen LogP contribution < -0.4 is 5.32 Å². The molecule has 1 aliphatic carbocycles. The van der Waals surface area contributed by atoms with Crippen molar-refractivity contribution in [2.24, 2.45) is 5.92 Å². The molecule has 1 amide bonds. The van der Waals surface area contributed by atoms with Crippen molar-refractivity contribution in [1.82, 2.24) is 5.32 Å². The SMILES string of the molecule is CC(C)C[C@H](OC(c1ccccc1)c1ccc(-c2ccc(CCO)cc2)cc1)C(=O)NC1(C#N)CC1. The number of rotatable bonds is 11. The lowest BCUT2D eigenvalue weighted by atomic mass is 9.96. The topological polar surface area (TPSA) is 82.3 Å². The largest absolute Gasteiger partial charge is 0.396 e. The predicted molar refractivity (Wildman–Crippen MR) is 141 cm³/mol. The number of hydrogen-bond acceptors (Lipinski definition) is 4. The van der Waals surface area contributed by atoms with Gasteiger partial charge in [0.2, 0.25) is 5.91 Å². The van der Waals surface area contributed by atoms with Gasteiger partial charge in [0.15, 0.2) is 0 Å². The third-order valence-corrected chi connectivity index (χ3v) is 6.61. The van der Waals surface area contributed by atoms with Crippen LogP contribution in [-0.2, 0) is 16.0 Å². The maximum Gasteiger partial charge on any atom is 0.250 e. The second kappa shape index (κ2) is 11.5. The number of aliphatic hydroxyl groups is 1. The van der Waals surface area contributed by atoms with E-state index in [9.17, 15) is 10.1 Å². The van der Waals surface area contributed by atoms with E-state index < -0.39 is 17.7 Å². The van der Waals surface area contributed by atoms with Crippen molar-refractivity contribution in [3.8, 4) is 17.2 Å². The third-order valence-electron chi connectivity index (χ3n) is 6.61. The Morgan fingerprint density at radius 3 is 2.08 bits per heavy atom. The summed E-state index contributed by atoms with van der Waals surface area (Å²) in [5.41, 5.74) is 4.50. The van der Waals surface area contributed by atoms with E-state index in [0.29, 0.717) is 25.7 Å². The maximum absolute atomic E-state index is 13.2. The number of carbonyl (C=O) groups is 1. The van der Waals surface area contributed by atoms with Crippen LogP contribution in [0.15, 0.2) is 78.9 Å². The maximum atomic E-state index is 13.2. The normalized spacial score (nSPS) is 15.6. The van der Waals surface area contributed by atoms with Crippen molar-refractivity contribution < 1.29 is 14.6 Å². The van der Waals surface area contributed by atoms with Crippen molar-refractivity contribution in [3.05, 3.63) is 95.6 Å². The number of benzene rings is 3. The Bertz CT molecular complexity index is 1180. The Kier molecular flexibility index (Phi) is 8.20. The number of carbonyl (C=O) groups excluding carboxylic acids is 1. The smallest absolute Gasteiger partial charge is 0.250 e. The van der Waals surface area contributed by atoms with Crippen LogP contribution in [0.1, 0.15) is 55.9 Å². The lowest BCUT2D eigenvalue weighted by Crippen LogP contribution is -2.44. The van der Waals surface area contributed by atoms with Crippen LogP contribution in [0.25, 0.3) is 11.1 Å². The molecular weight excluding hydrogens is 448 g/mol. The fourth-order valence-electron chi connectivity index (χ4n) is 4.34. The first-order chi connectivity index (χ1) is 17.4. The van der Waals surface area contributed by atoms with Gasteiger partial charge in [0, 0.05) is 6.61 Å². The highest BCUT2D eigenvalue weighted by Crippen LogP contribution is 2.36. The zero-order chi connectivity index (χ0) is 25.5. The predicted octanol–water partition coefficient (Wildman–Crippen LogP) is 5.58. The van der Waals surface area contributed by atoms with E-state index >= 15 is 0 Å². The molecule has 2 N–H and O–H groups in total. The Labute approximate surface area is 213 Å². The molecule has 0 aliphatic heterocycles. The van der Waals surface area contributed by atoms with E-state index in [1.807, 2.05) is 42.5 Å². The number of aliphatic hydroxyl groups excluding tert-OH is 1. The molecule has 4 rings (SSSR count). The van der Waals surface area contributed by atoms with Crippen LogP contribution in [0, 0.1) is 17.2 Å². The number of hydrogen-bond donors (Lipinski definition) is 2. The first-order valence-electron chi connectivity index (χ1n) is 12.7. The van der Waals surface area contributed by atoms with E-state index in [0.717, 1.165) is 27.8 Å². The van der Waals surface area contributed by atoms with Gasteiger partial charge < -0.3 is 15.2 Å². The summed E-state index contributed by atoms with van der Waals surface area (Å²) < 4.78 is 6.56. The molecule has 0 bridgehead atoms. The second-order valence-electron chi connectivity index (χ2n) is 10.0. The Hall–Kier alpha value is -3.46. The van der Waals surface area contributed by atoms with Crippen LogP contribution in [0.3, 0.4) is 0 Å². The van der Waals surface area contributed by atoms with E-state index in [-0.39, 0.29) is 18.4 Å². The molecule has 0 aromatic heterocycles. The zero-order valence-electron chi connectivity index (χ0n) is 21.0. The van der Waals surface area contributed by atoms with Gasteiger partial charge in [-0.2, -0.15) is 5.26 Å². The van der Waals surface area contributed by atoms with Crippen molar-refractivity contribution in [3.63, 3.8) is 0 Å². The summed E-state index contributed by atoms with van der Waals surface area (Å²) in [6.45, 7) is 4.28. The highest BCUT2D eigenvalue weighted by Gasteiger charge is 2.46. The third kappa shape index (κ3) is 6.40. The van der Waals surface area contributed by atoms with Crippen LogP contribution in [0.5, 0.6) is 0 Å². The first-order valence-corrected chi connectivity index (χ1v) is 12.7. The fraction of sp³-hybridized carbons (Fsp3) is 0.355. The number of amides is 1. The standard InChI is InChI=1S/C31H34N2O3/c1-22(2)20-28(30(35)33-31(21-32)17-18-31)36-29(26-6-4-3-5-7-26)27-14-12-25(13-15-27)24-10-8-23(9-11-24)16-19-34/h3-15,22,28-29,34H,16-20H2,1-2H3,(H,33,35)/t28-,29?/m0/s1. The Balaban J connectivity index is 1.59. The summed E-state index contributed by atoms with van der Waals surface area (Å²) in [6, 6.07) is 28.6. The van der Waals surface area contributed by atoms with Crippen molar-refractivity contribution in [2.45, 2.75) is 57.3 Å². The monoisotopic (exact) mass is 482 g/mol. The molecule has 1 saturated carbocycles. The molecule has 36 heavy (non-hydrogen) atoms. The molecule has 2 atom stereocenters. The fourth-order valence-corrected chi connectivity index (χ4v) is 4.34. The van der Waals surface area contributed by atoms with Gasteiger partial charge in [-0.25, -0.2) is 0 Å². The highest BCUT2D eigenvalue weighted by atomic mass is 16.5. The minimum Gasteiger partial charge on any atom is -0.396 e. The number of nitriles is 1. The van der Waals surface area contributed by atoms with Gasteiger partial charge in [-0.1, -0.05) is 92.7 Å². The summed E-state index contributed by atoms with van der Waals surface area (Å²) in [5, 5.41) is 21.5. The molecule has 1 unspecified atom stereocenters. The molecule has 0 radical (unpaired) electrons. The molecule has 186 valence electrons. The molecule has 0 spiro atoms. The van der Waals surface area contributed by atoms with Gasteiger partial charge in [0.05, 0.1) is 6.07 Å². The van der Waals surface area contributed by atoms with Crippen molar-refractivity contribution >= 4 is 5.91 Å². The summed E-state index contributed by atoms with van der Waals surface area (Å²) in [7, 11) is 0. The molecular formula is C31H34N2O3. The lowest BCUT2D eigenvalue weighted by molar-refractivity contribution is -0.137. The Morgan fingerprint density at radius 2 is 1.56 bits per heavy atom. The average Bonchev–Trinajstić information content (AvgIpc) is 3.67. The molecule has 0 heterocycles. The molecule has 1 aliphatic rings. The van der Waals surface area contributed by atoms with Crippen LogP contribution in [0.4, 0.5) is 0 Å². The Morgan fingerprint density at radius 1 is 0.972 bits per heavy atom. The van der Waals surface area contributed by atoms with Gasteiger partial charge in [-0.15, -0.1) is 0 Å². The highest BCUT2D eigenvalue weighted by molar-refractivity contribution is 5.82. The number of nitrogens with one attached hydrogen (secondary N) is 1. The van der Waals surface area contributed by atoms with Gasteiger partial charge in [0.25, 0.3) is 0 Å². The molecule has 5 heteroatoms. The van der Waals surface area contributed by atoms with Gasteiger partial charge >= 0.3 is 0 Å². The van der Waals surface area contributed by atoms with Crippen LogP contribution in [-0.4, -0.2) is 29.3 Å². The zero-order valence-corrected chi connectivity index (χ0v) is 21.0. The summed E-state index contributed by atoms with van der Waals surface area (Å²) in [5.74, 6) is 0.0360. The number of nitrogens with zero attached hydrogens (tertiary/aromatic N) is 1. The summed E-state index contributed by atoms with van der Waals surface area (Å²) >= 11 is 0. The van der Waals surface area contributed by atoms with E-state index in [1.165, 1.54) is 0 Å². The molecule has 1 fully saturated rings. The van der Waals surface area contributed by atoms with Gasteiger partial charge in [0.1, 0.15) is 17.7 Å². The van der Waals surface area contributed by atoms with E-state index in [4.69, 9.17) is 9.84 Å². The van der Waals surface area contributed by atoms with Gasteiger partial charge in [-0.3, -0.25) is 4.79 Å². The molecule has 3 aromatic carbocycles. The quantitative estimate of drug-likeness (QED) is 0.374. The average molecular weight is 483 g/mol. The molecule has 3 aromatic rings. The first kappa shape index (κ1) is 25.6. The van der Waals surface area contributed by atoms with E-state index in [1.54, 1.807) is 0 Å². The van der Waals surface area contributed by atoms with Crippen molar-refractivity contribution in [1.29, 1.82) is 5.26 Å². The molecule has 0 saturated heterocycles.